The quantitative estimate of drug-likeness (QED) is 0.0723. The fourth-order valence-corrected chi connectivity index (χ4v) is 17.0. The fraction of sp³-hybridized carbons (Fsp3) is 0.982. The van der Waals surface area contributed by atoms with E-state index in [1.807, 2.05) is 0 Å². The van der Waals surface area contributed by atoms with E-state index in [4.69, 9.17) is 56.8 Å². The minimum absolute atomic E-state index is 0.0359. The smallest absolute Gasteiger partial charge is 0.187 e. The number of hydrogen-bond acceptors (Lipinski definition) is 28. The lowest BCUT2D eigenvalue weighted by Crippen LogP contribution is -2.68. The van der Waals surface area contributed by atoms with Crippen LogP contribution in [0.3, 0.4) is 0 Å². The molecule has 11 aliphatic rings. The van der Waals surface area contributed by atoms with Crippen molar-refractivity contribution < 1.29 is 138 Å². The Labute approximate surface area is 485 Å². The molecule has 0 bridgehead atoms. The number of rotatable bonds is 14. The van der Waals surface area contributed by atoms with Crippen molar-refractivity contribution in [1.29, 1.82) is 0 Å². The van der Waals surface area contributed by atoms with Crippen molar-refractivity contribution in [3.63, 3.8) is 0 Å². The van der Waals surface area contributed by atoms with E-state index in [9.17, 15) is 81.4 Å². The van der Waals surface area contributed by atoms with E-state index in [0.29, 0.717) is 43.5 Å². The van der Waals surface area contributed by atoms with Crippen LogP contribution in [0.15, 0.2) is 0 Å². The molecule has 0 aromatic heterocycles. The SMILES string of the molecule is CC1CCC2(OC1)OC1CC3C4CCC5CC(OC6OC(CO)C(OC7OC(CO)C(O)C(OC8OCC(O)C(OC9OC(CO)C(O)C(O)C9O)C8O)C7OC7OC(CO)C(O)C(O)C7O)C(O)C6O)CCC5(C)C4CC(=O)C3(C)C1C2C. The highest BCUT2D eigenvalue weighted by molar-refractivity contribution is 5.87. The topological polar surface area (TPSA) is 431 Å². The van der Waals surface area contributed by atoms with Crippen LogP contribution in [0.4, 0.5) is 0 Å². The number of ether oxygens (including phenoxy) is 12. The molecule has 7 heterocycles. The van der Waals surface area contributed by atoms with Gasteiger partial charge in [0.2, 0.25) is 0 Å². The van der Waals surface area contributed by atoms with Crippen molar-refractivity contribution in [2.45, 2.75) is 251 Å². The summed E-state index contributed by atoms with van der Waals surface area (Å²) in [5, 5.41) is 163. The number of carbonyl (C=O) groups excluding carboxylic acids is 1. The van der Waals surface area contributed by atoms with Gasteiger partial charge in [-0.2, -0.15) is 0 Å². The Bertz CT molecular complexity index is 2230. The van der Waals surface area contributed by atoms with Gasteiger partial charge in [-0.1, -0.05) is 27.7 Å². The minimum atomic E-state index is -2.10. The van der Waals surface area contributed by atoms with E-state index in [1.165, 1.54) is 0 Å². The molecule has 36 atom stereocenters. The molecular formula is C56H90O28. The molecule has 7 aliphatic heterocycles. The third-order valence-corrected chi connectivity index (χ3v) is 22.0. The van der Waals surface area contributed by atoms with E-state index in [1.54, 1.807) is 0 Å². The number of fused-ring (bicyclic) bond motifs is 7. The lowest BCUT2D eigenvalue weighted by Gasteiger charge is -2.60. The van der Waals surface area contributed by atoms with Crippen molar-refractivity contribution in [1.82, 2.24) is 0 Å². The molecule has 1 spiro atoms. The third kappa shape index (κ3) is 11.0. The first kappa shape index (κ1) is 64.1. The van der Waals surface area contributed by atoms with Crippen LogP contribution in [-0.2, 0) is 61.6 Å². The first-order valence-corrected chi connectivity index (χ1v) is 30.2. The van der Waals surface area contributed by atoms with E-state index in [-0.39, 0.29) is 41.1 Å². The summed E-state index contributed by atoms with van der Waals surface area (Å²) >= 11 is 0. The molecule has 0 amide bonds. The van der Waals surface area contributed by atoms with Gasteiger partial charge in [-0.25, -0.2) is 0 Å². The average molecular weight is 1210 g/mol. The third-order valence-electron chi connectivity index (χ3n) is 22.0. The molecule has 0 aromatic rings. The highest BCUT2D eigenvalue weighted by atomic mass is 16.8. The summed E-state index contributed by atoms with van der Waals surface area (Å²) in [6.07, 6.45) is -37.8. The van der Waals surface area contributed by atoms with Gasteiger partial charge in [0.05, 0.1) is 51.8 Å². The van der Waals surface area contributed by atoms with E-state index < -0.39 is 198 Å². The maximum Gasteiger partial charge on any atom is 0.187 e. The van der Waals surface area contributed by atoms with Crippen LogP contribution >= 0.6 is 0 Å². The van der Waals surface area contributed by atoms with E-state index in [2.05, 4.69) is 27.7 Å². The highest BCUT2D eigenvalue weighted by Gasteiger charge is 2.72. The zero-order valence-electron chi connectivity index (χ0n) is 47.7. The Balaban J connectivity index is 0.778. The van der Waals surface area contributed by atoms with Gasteiger partial charge in [-0.15, -0.1) is 0 Å². The molecule has 482 valence electrons. The molecule has 7 saturated heterocycles. The summed E-state index contributed by atoms with van der Waals surface area (Å²) in [5.74, 6) is 1.16. The Morgan fingerprint density at radius 2 is 1.07 bits per heavy atom. The summed E-state index contributed by atoms with van der Waals surface area (Å²) in [6, 6.07) is 0. The van der Waals surface area contributed by atoms with E-state index >= 15 is 0 Å². The number of Topliss-reactive ketones (excluding diaryl/α,β-unsaturated/α-hetero) is 1. The van der Waals surface area contributed by atoms with Gasteiger partial charge in [-0.3, -0.25) is 4.79 Å². The minimum Gasteiger partial charge on any atom is -0.394 e. The highest BCUT2D eigenvalue weighted by Crippen LogP contribution is 2.70. The summed E-state index contributed by atoms with van der Waals surface area (Å²) in [5.41, 5.74) is -0.694. The van der Waals surface area contributed by atoms with Gasteiger partial charge in [0, 0.05) is 30.1 Å². The predicted octanol–water partition coefficient (Wildman–Crippen LogP) is -5.27. The molecule has 4 aliphatic carbocycles. The molecule has 11 rings (SSSR count). The fourth-order valence-electron chi connectivity index (χ4n) is 17.0. The van der Waals surface area contributed by atoms with Crippen LogP contribution in [0, 0.1) is 52.3 Å². The van der Waals surface area contributed by atoms with Crippen LogP contribution in [0.5, 0.6) is 0 Å². The van der Waals surface area contributed by atoms with Gasteiger partial charge in [0.15, 0.2) is 37.2 Å². The Morgan fingerprint density at radius 1 is 0.512 bits per heavy atom. The number of aliphatic hydroxyl groups is 15. The normalized spacial score (nSPS) is 56.8. The Hall–Kier alpha value is -1.41. The van der Waals surface area contributed by atoms with Crippen molar-refractivity contribution in [3.05, 3.63) is 0 Å². The second kappa shape index (κ2) is 25.0. The molecule has 0 aromatic carbocycles. The molecule has 0 radical (unpaired) electrons. The van der Waals surface area contributed by atoms with Crippen LogP contribution in [0.25, 0.3) is 0 Å². The van der Waals surface area contributed by atoms with Crippen molar-refractivity contribution in [2.75, 3.05) is 39.6 Å². The summed E-state index contributed by atoms with van der Waals surface area (Å²) in [4.78, 5) is 14.8. The lowest BCUT2D eigenvalue weighted by atomic mass is 9.44. The van der Waals surface area contributed by atoms with Crippen molar-refractivity contribution in [2.24, 2.45) is 52.3 Å². The van der Waals surface area contributed by atoms with Gasteiger partial charge < -0.3 is 133 Å². The maximum absolute atomic E-state index is 14.8. The number of carbonyl (C=O) groups is 1. The zero-order chi connectivity index (χ0) is 60.2. The first-order valence-electron chi connectivity index (χ1n) is 30.2. The zero-order valence-corrected chi connectivity index (χ0v) is 47.7. The lowest BCUT2D eigenvalue weighted by molar-refractivity contribution is -0.406. The molecule has 28 heteroatoms. The number of aliphatic hydroxyl groups excluding tert-OH is 15. The Morgan fingerprint density at radius 3 is 1.69 bits per heavy atom. The molecule has 4 saturated carbocycles. The standard InChI is InChI=1S/C56H90O28/c1-20-7-10-56(74-18-20)21(2)34-28(84-56)12-26-24-6-5-22-11-23(8-9-54(22,3)25(24)13-33(62)55(26,34)4)75-50-43(71)40(68)46(32(17-60)79-50)81-53-48(83-52-42(70)39(67)36(64)30(15-58)77-52)47(37(65)31(16-59)78-53)82-49-44(72)45(27(61)19-73-49)80-51-41(69)38(66)35(63)29(14-57)76-51/h20-32,34-53,57-61,63-72H,5-19H2,1-4H3. The first-order chi connectivity index (χ1) is 39.9. The van der Waals surface area contributed by atoms with Crippen molar-refractivity contribution >= 4 is 5.78 Å². The summed E-state index contributed by atoms with van der Waals surface area (Å²) < 4.78 is 73.0. The molecule has 84 heavy (non-hydrogen) atoms. The molecule has 11 fully saturated rings. The predicted molar refractivity (Wildman–Crippen MR) is 275 cm³/mol. The largest absolute Gasteiger partial charge is 0.394 e. The van der Waals surface area contributed by atoms with Gasteiger partial charge >= 0.3 is 0 Å². The second-order valence-corrected chi connectivity index (χ2v) is 26.6. The van der Waals surface area contributed by atoms with Gasteiger partial charge in [0.25, 0.3) is 0 Å². The van der Waals surface area contributed by atoms with Crippen LogP contribution in [-0.4, -0.2) is 287 Å². The second-order valence-electron chi connectivity index (χ2n) is 26.6. The van der Waals surface area contributed by atoms with Gasteiger partial charge in [0.1, 0.15) is 122 Å². The molecule has 28 nitrogen and oxygen atoms in total. The van der Waals surface area contributed by atoms with Crippen LogP contribution in [0.1, 0.15) is 85.5 Å². The molecule has 36 unspecified atom stereocenters. The molecule has 15 N–H and O–H groups in total. The molecular weight excluding hydrogens is 1120 g/mol. The van der Waals surface area contributed by atoms with E-state index in [0.717, 1.165) is 38.5 Å². The van der Waals surface area contributed by atoms with Crippen LogP contribution in [0.2, 0.25) is 0 Å². The summed E-state index contributed by atoms with van der Waals surface area (Å²) in [6.45, 7) is 5.33. The number of hydrogen-bond donors (Lipinski definition) is 15. The number of ketones is 1. The summed E-state index contributed by atoms with van der Waals surface area (Å²) in [7, 11) is 0. The van der Waals surface area contributed by atoms with Crippen molar-refractivity contribution in [3.8, 4) is 0 Å². The monoisotopic (exact) mass is 1210 g/mol. The maximum atomic E-state index is 14.8. The van der Waals surface area contributed by atoms with Gasteiger partial charge in [-0.05, 0) is 80.0 Å². The van der Waals surface area contributed by atoms with Crippen LogP contribution < -0.4 is 0 Å². The average Bonchev–Trinajstić information content (AvgIpc) is 1.75. The Kier molecular flexibility index (Phi) is 19.1.